The fraction of sp³-hybridized carbons (Fsp3) is 0.182. The van der Waals surface area contributed by atoms with Crippen molar-refractivity contribution >= 4 is 29.0 Å². The molecule has 8 heteroatoms. The van der Waals surface area contributed by atoms with Crippen molar-refractivity contribution in [1.29, 1.82) is 0 Å². The highest BCUT2D eigenvalue weighted by molar-refractivity contribution is 7.99. The van der Waals surface area contributed by atoms with Gasteiger partial charge in [-0.2, -0.15) is 0 Å². The Balaban J connectivity index is 1.55. The van der Waals surface area contributed by atoms with Gasteiger partial charge in [0.25, 0.3) is 0 Å². The van der Waals surface area contributed by atoms with Gasteiger partial charge in [0.15, 0.2) is 5.65 Å². The van der Waals surface area contributed by atoms with E-state index >= 15 is 0 Å². The van der Waals surface area contributed by atoms with E-state index in [-0.39, 0.29) is 18.1 Å². The number of hydrogen-bond donors (Lipinski definition) is 1. The summed E-state index contributed by atoms with van der Waals surface area (Å²) in [4.78, 5) is 30.5. The molecule has 2 aromatic heterocycles. The number of carbonyl (C=O) groups is 1. The van der Waals surface area contributed by atoms with Crippen LogP contribution in [0.15, 0.2) is 75.6 Å². The smallest absolute Gasteiger partial charge is 0.324 e. The number of hydrogen-bond acceptors (Lipinski definition) is 5. The van der Waals surface area contributed by atoms with Crippen molar-refractivity contribution in [2.24, 2.45) is 0 Å². The number of fused-ring (bicyclic) bond motifs is 1. The normalized spacial score (nSPS) is 11.0. The van der Waals surface area contributed by atoms with Crippen LogP contribution in [-0.4, -0.2) is 25.1 Å². The summed E-state index contributed by atoms with van der Waals surface area (Å²) >= 11 is 1.43. The number of benzene rings is 2. The molecule has 0 radical (unpaired) electrons. The van der Waals surface area contributed by atoms with E-state index < -0.39 is 0 Å². The van der Waals surface area contributed by atoms with E-state index in [9.17, 15) is 9.59 Å². The van der Waals surface area contributed by atoms with Gasteiger partial charge in [0.2, 0.25) is 5.91 Å². The highest BCUT2D eigenvalue weighted by atomic mass is 32.2. The first-order chi connectivity index (χ1) is 14.5. The van der Waals surface area contributed by atoms with Gasteiger partial charge in [-0.3, -0.25) is 4.79 Å². The van der Waals surface area contributed by atoms with Crippen molar-refractivity contribution in [3.63, 3.8) is 0 Å². The van der Waals surface area contributed by atoms with E-state index in [1.807, 2.05) is 55.5 Å². The van der Waals surface area contributed by atoms with Gasteiger partial charge < -0.3 is 5.32 Å². The lowest BCUT2D eigenvalue weighted by molar-refractivity contribution is -0.117. The van der Waals surface area contributed by atoms with Crippen molar-refractivity contribution in [2.75, 3.05) is 5.32 Å². The Morgan fingerprint density at radius 2 is 1.83 bits per heavy atom. The minimum absolute atomic E-state index is 0.176. The molecule has 1 N–H and O–H groups in total. The molecular formula is C22H21N5O2S. The zero-order valence-electron chi connectivity index (χ0n) is 16.7. The van der Waals surface area contributed by atoms with Crippen LogP contribution in [0.25, 0.3) is 5.65 Å². The molecule has 0 unspecified atom stereocenters. The molecule has 7 nitrogen and oxygen atoms in total. The number of nitrogens with zero attached hydrogens (tertiary/aromatic N) is 4. The molecule has 0 aliphatic carbocycles. The molecule has 0 saturated heterocycles. The minimum Gasteiger partial charge on any atom is -0.324 e. The summed E-state index contributed by atoms with van der Waals surface area (Å²) < 4.78 is 2.57. The molecule has 0 spiro atoms. The summed E-state index contributed by atoms with van der Waals surface area (Å²) in [6, 6.07) is 15.7. The first-order valence-electron chi connectivity index (χ1n) is 9.61. The molecule has 0 aliphatic rings. The summed E-state index contributed by atoms with van der Waals surface area (Å²) in [7, 11) is 0. The molecule has 4 aromatic rings. The van der Waals surface area contributed by atoms with E-state index in [4.69, 9.17) is 0 Å². The maximum absolute atomic E-state index is 12.7. The number of rotatable bonds is 6. The van der Waals surface area contributed by atoms with E-state index in [1.54, 1.807) is 12.4 Å². The van der Waals surface area contributed by atoms with Crippen molar-refractivity contribution < 1.29 is 4.79 Å². The Bertz CT molecular complexity index is 1240. The average Bonchev–Trinajstić information content (AvgIpc) is 3.07. The van der Waals surface area contributed by atoms with Crippen LogP contribution in [0.4, 0.5) is 5.69 Å². The second kappa shape index (κ2) is 8.54. The lowest BCUT2D eigenvalue weighted by Crippen LogP contribution is -2.28. The zero-order valence-corrected chi connectivity index (χ0v) is 17.5. The van der Waals surface area contributed by atoms with Crippen LogP contribution in [0.5, 0.6) is 0 Å². The minimum atomic E-state index is -0.380. The van der Waals surface area contributed by atoms with E-state index in [0.29, 0.717) is 16.4 Å². The number of carbonyl (C=O) groups excluding carboxylic acids is 1. The molecule has 0 atom stereocenters. The molecule has 2 aromatic carbocycles. The fourth-order valence-corrected chi connectivity index (χ4v) is 3.82. The van der Waals surface area contributed by atoms with Gasteiger partial charge in [-0.25, -0.2) is 18.9 Å². The monoisotopic (exact) mass is 419 g/mol. The third kappa shape index (κ3) is 4.28. The summed E-state index contributed by atoms with van der Waals surface area (Å²) in [5.41, 5.74) is 3.09. The van der Waals surface area contributed by atoms with Crippen LogP contribution in [0.2, 0.25) is 0 Å². The second-order valence-corrected chi connectivity index (χ2v) is 7.94. The van der Waals surface area contributed by atoms with Gasteiger partial charge >= 0.3 is 5.69 Å². The highest BCUT2D eigenvalue weighted by Crippen LogP contribution is 2.28. The molecule has 0 saturated carbocycles. The van der Waals surface area contributed by atoms with Crippen molar-refractivity contribution in [2.45, 2.75) is 36.7 Å². The lowest BCUT2D eigenvalue weighted by Gasteiger charge is -2.05. The molecular weight excluding hydrogens is 398 g/mol. The highest BCUT2D eigenvalue weighted by Gasteiger charge is 2.15. The van der Waals surface area contributed by atoms with Crippen LogP contribution >= 0.6 is 11.8 Å². The van der Waals surface area contributed by atoms with E-state index in [2.05, 4.69) is 22.3 Å². The van der Waals surface area contributed by atoms with Crippen molar-refractivity contribution in [3.05, 3.63) is 82.5 Å². The zero-order chi connectivity index (χ0) is 21.1. The molecule has 0 fully saturated rings. The molecule has 30 heavy (non-hydrogen) atoms. The van der Waals surface area contributed by atoms with Crippen LogP contribution in [0, 0.1) is 6.92 Å². The SMILES string of the molecule is CCc1ccc(NC(=O)Cn2nc3c(Sc4ccc(C)cc4)nccn3c2=O)cc1. The van der Waals surface area contributed by atoms with Crippen LogP contribution in [0.3, 0.4) is 0 Å². The average molecular weight is 420 g/mol. The van der Waals surface area contributed by atoms with Crippen molar-refractivity contribution in [3.8, 4) is 0 Å². The summed E-state index contributed by atoms with van der Waals surface area (Å²) in [6.07, 6.45) is 4.05. The largest absolute Gasteiger partial charge is 0.350 e. The summed E-state index contributed by atoms with van der Waals surface area (Å²) in [5, 5.41) is 7.77. The van der Waals surface area contributed by atoms with Gasteiger partial charge in [0, 0.05) is 23.0 Å². The van der Waals surface area contributed by atoms with E-state index in [1.165, 1.54) is 27.3 Å². The van der Waals surface area contributed by atoms with Gasteiger partial charge in [0.05, 0.1) is 0 Å². The van der Waals surface area contributed by atoms with Crippen LogP contribution < -0.4 is 11.0 Å². The maximum Gasteiger partial charge on any atom is 0.350 e. The number of aryl methyl sites for hydroxylation is 2. The third-order valence-corrected chi connectivity index (χ3v) is 5.63. The molecule has 0 bridgehead atoms. The Kier molecular flexibility index (Phi) is 5.67. The second-order valence-electron chi connectivity index (χ2n) is 6.88. The van der Waals surface area contributed by atoms with Gasteiger partial charge in [0.1, 0.15) is 11.6 Å². The van der Waals surface area contributed by atoms with E-state index in [0.717, 1.165) is 16.0 Å². The molecule has 152 valence electrons. The predicted molar refractivity (Wildman–Crippen MR) is 117 cm³/mol. The number of amides is 1. The fourth-order valence-electron chi connectivity index (χ4n) is 2.98. The third-order valence-electron chi connectivity index (χ3n) is 4.64. The number of nitrogens with one attached hydrogen (secondary N) is 1. The number of aromatic nitrogens is 4. The Morgan fingerprint density at radius 3 is 2.53 bits per heavy atom. The van der Waals surface area contributed by atoms with Gasteiger partial charge in [-0.1, -0.05) is 48.5 Å². The van der Waals surface area contributed by atoms with Gasteiger partial charge in [-0.05, 0) is 43.2 Å². The van der Waals surface area contributed by atoms with Crippen LogP contribution in [-0.2, 0) is 17.8 Å². The summed E-state index contributed by atoms with van der Waals surface area (Å²) in [5.74, 6) is -0.314. The summed E-state index contributed by atoms with van der Waals surface area (Å²) in [6.45, 7) is 3.92. The quantitative estimate of drug-likeness (QED) is 0.517. The Hall–Kier alpha value is -3.39. The Morgan fingerprint density at radius 1 is 1.10 bits per heavy atom. The Labute approximate surface area is 177 Å². The molecule has 2 heterocycles. The molecule has 4 rings (SSSR count). The molecule has 1 amide bonds. The molecule has 0 aliphatic heterocycles. The standard InChI is InChI=1S/C22H21N5O2S/c1-3-16-6-8-17(9-7-16)24-19(28)14-27-22(29)26-13-12-23-21(20(26)25-27)30-18-10-4-15(2)5-11-18/h4-13H,3,14H2,1-2H3,(H,24,28). The lowest BCUT2D eigenvalue weighted by atomic mass is 10.1. The van der Waals surface area contributed by atoms with Crippen LogP contribution in [0.1, 0.15) is 18.1 Å². The van der Waals surface area contributed by atoms with Gasteiger partial charge in [-0.15, -0.1) is 5.10 Å². The van der Waals surface area contributed by atoms with Crippen molar-refractivity contribution in [1.82, 2.24) is 19.2 Å². The predicted octanol–water partition coefficient (Wildman–Crippen LogP) is 3.55. The number of anilines is 1. The first-order valence-corrected chi connectivity index (χ1v) is 10.4. The first kappa shape index (κ1) is 19.9. The topological polar surface area (TPSA) is 81.3 Å². The maximum atomic E-state index is 12.7.